The predicted molar refractivity (Wildman–Crippen MR) is 82.3 cm³/mol. The molecule has 104 valence electrons. The molecule has 0 aromatic heterocycles. The number of hydrogen-bond donors (Lipinski definition) is 0. The highest BCUT2D eigenvalue weighted by Crippen LogP contribution is 2.28. The Labute approximate surface area is 132 Å². The maximum absolute atomic E-state index is 11.6. The van der Waals surface area contributed by atoms with Gasteiger partial charge in [0.2, 0.25) is 0 Å². The first-order valence-electron chi connectivity index (χ1n) is 5.85. The van der Waals surface area contributed by atoms with Crippen LogP contribution in [0.2, 0.25) is 15.1 Å². The fraction of sp³-hybridized carbons (Fsp3) is 0.133. The molecule has 0 saturated carbocycles. The van der Waals surface area contributed by atoms with Gasteiger partial charge in [-0.3, -0.25) is 4.79 Å². The Bertz CT molecular complexity index is 633. The van der Waals surface area contributed by atoms with Crippen molar-refractivity contribution in [3.63, 3.8) is 0 Å². The van der Waals surface area contributed by atoms with Crippen molar-refractivity contribution in [2.24, 2.45) is 0 Å². The number of carbonyl (C=O) groups is 1. The summed E-state index contributed by atoms with van der Waals surface area (Å²) in [7, 11) is 0. The Kier molecular flexibility index (Phi) is 4.92. The SMILES string of the molecule is CC(=O)c1cc(Cl)ccc1OCc1c(Cl)cccc1Cl. The third-order valence-corrected chi connectivity index (χ3v) is 3.70. The summed E-state index contributed by atoms with van der Waals surface area (Å²) in [6.07, 6.45) is 0. The first-order chi connectivity index (χ1) is 9.49. The molecule has 20 heavy (non-hydrogen) atoms. The number of hydrogen-bond acceptors (Lipinski definition) is 2. The van der Waals surface area contributed by atoms with E-state index in [-0.39, 0.29) is 12.4 Å². The molecule has 0 saturated heterocycles. The van der Waals surface area contributed by atoms with Crippen molar-refractivity contribution in [2.45, 2.75) is 13.5 Å². The highest BCUT2D eigenvalue weighted by molar-refractivity contribution is 6.36. The number of carbonyl (C=O) groups excluding carboxylic acids is 1. The Balaban J connectivity index is 2.25. The van der Waals surface area contributed by atoms with Crippen LogP contribution < -0.4 is 4.74 Å². The summed E-state index contributed by atoms with van der Waals surface area (Å²) in [6.45, 7) is 1.64. The van der Waals surface area contributed by atoms with Crippen LogP contribution in [0.4, 0.5) is 0 Å². The molecule has 0 heterocycles. The van der Waals surface area contributed by atoms with E-state index in [1.165, 1.54) is 6.92 Å². The molecule has 0 unspecified atom stereocenters. The molecule has 0 N–H and O–H groups in total. The van der Waals surface area contributed by atoms with E-state index in [4.69, 9.17) is 39.5 Å². The second kappa shape index (κ2) is 6.49. The molecule has 0 aliphatic carbocycles. The molecule has 5 heteroatoms. The molecule has 0 spiro atoms. The molecule has 0 fully saturated rings. The summed E-state index contributed by atoms with van der Waals surface area (Å²) in [5.41, 5.74) is 1.11. The van der Waals surface area contributed by atoms with Gasteiger partial charge in [0, 0.05) is 20.6 Å². The first-order valence-corrected chi connectivity index (χ1v) is 6.98. The van der Waals surface area contributed by atoms with Crippen molar-refractivity contribution in [1.82, 2.24) is 0 Å². The lowest BCUT2D eigenvalue weighted by Crippen LogP contribution is -2.02. The molecule has 2 rings (SSSR count). The summed E-state index contributed by atoms with van der Waals surface area (Å²) in [6, 6.07) is 10.1. The molecular formula is C15H11Cl3O2. The predicted octanol–water partition coefficient (Wildman–Crippen LogP) is 5.43. The van der Waals surface area contributed by atoms with Gasteiger partial charge in [0.15, 0.2) is 5.78 Å². The fourth-order valence-electron chi connectivity index (χ4n) is 1.72. The lowest BCUT2D eigenvalue weighted by Gasteiger charge is -2.12. The van der Waals surface area contributed by atoms with E-state index >= 15 is 0 Å². The minimum absolute atomic E-state index is 0.118. The van der Waals surface area contributed by atoms with Crippen LogP contribution in [0, 0.1) is 0 Å². The van der Waals surface area contributed by atoms with Gasteiger partial charge in [-0.2, -0.15) is 0 Å². The average molecular weight is 330 g/mol. The summed E-state index contributed by atoms with van der Waals surface area (Å²) >= 11 is 18.0. The lowest BCUT2D eigenvalue weighted by atomic mass is 10.1. The topological polar surface area (TPSA) is 26.3 Å². The monoisotopic (exact) mass is 328 g/mol. The average Bonchev–Trinajstić information content (AvgIpc) is 2.39. The summed E-state index contributed by atoms with van der Waals surface area (Å²) in [5.74, 6) is 0.339. The molecule has 2 nitrogen and oxygen atoms in total. The van der Waals surface area contributed by atoms with Crippen LogP contribution in [-0.2, 0) is 6.61 Å². The van der Waals surface area contributed by atoms with Crippen LogP contribution in [0.5, 0.6) is 5.75 Å². The van der Waals surface area contributed by atoms with Gasteiger partial charge in [0.05, 0.1) is 5.56 Å². The van der Waals surface area contributed by atoms with Crippen molar-refractivity contribution in [3.05, 3.63) is 62.6 Å². The van der Waals surface area contributed by atoms with Gasteiger partial charge >= 0.3 is 0 Å². The minimum Gasteiger partial charge on any atom is -0.488 e. The van der Waals surface area contributed by atoms with Crippen LogP contribution in [-0.4, -0.2) is 5.78 Å². The van der Waals surface area contributed by atoms with Crippen LogP contribution in [0.1, 0.15) is 22.8 Å². The van der Waals surface area contributed by atoms with Crippen molar-refractivity contribution < 1.29 is 9.53 Å². The van der Waals surface area contributed by atoms with E-state index in [1.54, 1.807) is 36.4 Å². The van der Waals surface area contributed by atoms with E-state index in [2.05, 4.69) is 0 Å². The number of halogens is 3. The Morgan fingerprint density at radius 3 is 2.35 bits per heavy atom. The van der Waals surface area contributed by atoms with Crippen molar-refractivity contribution >= 4 is 40.6 Å². The minimum atomic E-state index is -0.118. The Hall–Kier alpha value is -1.22. The van der Waals surface area contributed by atoms with Gasteiger partial charge in [0.1, 0.15) is 12.4 Å². The highest BCUT2D eigenvalue weighted by atomic mass is 35.5. The van der Waals surface area contributed by atoms with E-state index < -0.39 is 0 Å². The quantitative estimate of drug-likeness (QED) is 0.699. The van der Waals surface area contributed by atoms with E-state index in [0.29, 0.717) is 31.9 Å². The second-order valence-electron chi connectivity index (χ2n) is 4.19. The molecule has 2 aromatic rings. The zero-order chi connectivity index (χ0) is 14.7. The van der Waals surface area contributed by atoms with Crippen molar-refractivity contribution in [3.8, 4) is 5.75 Å². The lowest BCUT2D eigenvalue weighted by molar-refractivity contribution is 0.101. The molecular weight excluding hydrogens is 319 g/mol. The molecule has 0 aliphatic heterocycles. The molecule has 0 amide bonds. The second-order valence-corrected chi connectivity index (χ2v) is 5.44. The van der Waals surface area contributed by atoms with Crippen LogP contribution in [0.15, 0.2) is 36.4 Å². The standard InChI is InChI=1S/C15H11Cl3O2/c1-9(19)11-7-10(16)5-6-15(11)20-8-12-13(17)3-2-4-14(12)18/h2-7H,8H2,1H3. The number of ketones is 1. The van der Waals surface area contributed by atoms with Gasteiger partial charge in [-0.25, -0.2) is 0 Å². The van der Waals surface area contributed by atoms with E-state index in [9.17, 15) is 4.79 Å². The largest absolute Gasteiger partial charge is 0.488 e. The number of Topliss-reactive ketones (excluding diaryl/α,β-unsaturated/α-hetero) is 1. The third kappa shape index (κ3) is 3.45. The number of benzene rings is 2. The smallest absolute Gasteiger partial charge is 0.163 e. The maximum atomic E-state index is 11.6. The molecule has 0 radical (unpaired) electrons. The molecule has 2 aromatic carbocycles. The highest BCUT2D eigenvalue weighted by Gasteiger charge is 2.11. The number of ether oxygens (including phenoxy) is 1. The van der Waals surface area contributed by atoms with Gasteiger partial charge < -0.3 is 4.74 Å². The van der Waals surface area contributed by atoms with Gasteiger partial charge in [-0.1, -0.05) is 40.9 Å². The first kappa shape index (κ1) is 15.2. The van der Waals surface area contributed by atoms with Crippen LogP contribution in [0.25, 0.3) is 0 Å². The van der Waals surface area contributed by atoms with Crippen LogP contribution in [0.3, 0.4) is 0 Å². The van der Waals surface area contributed by atoms with Crippen molar-refractivity contribution in [2.75, 3.05) is 0 Å². The van der Waals surface area contributed by atoms with Crippen LogP contribution >= 0.6 is 34.8 Å². The normalized spacial score (nSPS) is 10.4. The molecule has 0 atom stereocenters. The van der Waals surface area contributed by atoms with E-state index in [1.807, 2.05) is 0 Å². The summed E-state index contributed by atoms with van der Waals surface area (Å²) < 4.78 is 5.65. The van der Waals surface area contributed by atoms with Crippen molar-refractivity contribution in [1.29, 1.82) is 0 Å². The van der Waals surface area contributed by atoms with Gasteiger partial charge in [-0.15, -0.1) is 0 Å². The zero-order valence-electron chi connectivity index (χ0n) is 10.6. The fourth-order valence-corrected chi connectivity index (χ4v) is 2.40. The number of rotatable bonds is 4. The van der Waals surface area contributed by atoms with E-state index in [0.717, 1.165) is 0 Å². The Morgan fingerprint density at radius 2 is 1.75 bits per heavy atom. The van der Waals surface area contributed by atoms with Gasteiger partial charge in [-0.05, 0) is 37.3 Å². The molecule has 0 aliphatic rings. The third-order valence-electron chi connectivity index (χ3n) is 2.75. The summed E-state index contributed by atoms with van der Waals surface area (Å²) in [5, 5.41) is 1.53. The maximum Gasteiger partial charge on any atom is 0.163 e. The zero-order valence-corrected chi connectivity index (χ0v) is 12.9. The Morgan fingerprint density at radius 1 is 1.10 bits per heavy atom. The molecule has 0 bridgehead atoms. The summed E-state index contributed by atoms with van der Waals surface area (Å²) in [4.78, 5) is 11.6. The van der Waals surface area contributed by atoms with Gasteiger partial charge in [0.25, 0.3) is 0 Å².